The van der Waals surface area contributed by atoms with E-state index in [1.165, 1.54) is 13.8 Å². The molecular formula is C26H42N7O20P3S. The number of nitrogens with one attached hydrogen (secondary N) is 2. The van der Waals surface area contributed by atoms with E-state index >= 15 is 0 Å². The van der Waals surface area contributed by atoms with Crippen molar-refractivity contribution in [3.8, 4) is 0 Å². The molecule has 4 unspecified atom stereocenters. The van der Waals surface area contributed by atoms with E-state index in [0.717, 1.165) is 24.1 Å². The number of ether oxygens (including phenoxy) is 1. The van der Waals surface area contributed by atoms with Crippen molar-refractivity contribution in [2.75, 3.05) is 37.8 Å². The number of phosphoric ester groups is 3. The molecule has 0 aliphatic carbocycles. The maximum Gasteiger partial charge on any atom is 0.481 e. The molecule has 2 amide bonds. The molecule has 1 aliphatic rings. The van der Waals surface area contributed by atoms with E-state index in [1.54, 1.807) is 0 Å². The molecule has 1 aliphatic heterocycles. The Morgan fingerprint density at radius 2 is 1.68 bits per heavy atom. The van der Waals surface area contributed by atoms with Crippen LogP contribution in [-0.2, 0) is 55.5 Å². The van der Waals surface area contributed by atoms with E-state index < -0.39 is 108 Å². The molecule has 1 fully saturated rings. The number of aliphatic hydroxyl groups excluding tert-OH is 3. The summed E-state index contributed by atoms with van der Waals surface area (Å²) in [6, 6.07) is 0. The number of rotatable bonds is 22. The zero-order valence-corrected chi connectivity index (χ0v) is 33.5. The number of nitrogens with two attached hydrogens (primary N) is 1. The quantitative estimate of drug-likeness (QED) is 0.0439. The number of nitrogens with zero attached hydrogens (tertiary/aromatic N) is 4. The number of imidazole rings is 1. The van der Waals surface area contributed by atoms with E-state index in [1.807, 2.05) is 0 Å². The Morgan fingerprint density at radius 3 is 2.32 bits per heavy atom. The van der Waals surface area contributed by atoms with Gasteiger partial charge in [-0.25, -0.2) is 28.6 Å². The fraction of sp³-hybridized carbons (Fsp3) is 0.654. The van der Waals surface area contributed by atoms with Gasteiger partial charge in [0.25, 0.3) is 0 Å². The number of hydrogen-bond donors (Lipinski definition) is 11. The third-order valence-electron chi connectivity index (χ3n) is 7.85. The molecule has 0 saturated carbocycles. The Balaban J connectivity index is 1.48. The molecule has 322 valence electrons. The van der Waals surface area contributed by atoms with Crippen LogP contribution in [0.1, 0.15) is 33.4 Å². The van der Waals surface area contributed by atoms with Gasteiger partial charge in [-0.3, -0.25) is 37.3 Å². The highest BCUT2D eigenvalue weighted by atomic mass is 32.2. The summed E-state index contributed by atoms with van der Waals surface area (Å²) in [7, 11) is -16.5. The number of anilines is 1. The Hall–Kier alpha value is -3.01. The first kappa shape index (κ1) is 48.4. The number of aromatic nitrogens is 4. The molecule has 3 rings (SSSR count). The van der Waals surface area contributed by atoms with Gasteiger partial charge in [0.15, 0.2) is 17.7 Å². The Bertz CT molecular complexity index is 1920. The molecule has 0 radical (unpaired) electrons. The van der Waals surface area contributed by atoms with Gasteiger partial charge in [0.05, 0.1) is 25.5 Å². The number of aliphatic carboxylic acids is 1. The first-order valence-electron chi connectivity index (χ1n) is 16.2. The Kier molecular flexibility index (Phi) is 16.8. The highest BCUT2D eigenvalue weighted by Gasteiger charge is 2.50. The number of nitrogen functional groups attached to an aromatic ring is 1. The van der Waals surface area contributed by atoms with Gasteiger partial charge in [-0.2, -0.15) is 4.31 Å². The summed E-state index contributed by atoms with van der Waals surface area (Å²) < 4.78 is 61.9. The fourth-order valence-corrected chi connectivity index (χ4v) is 8.32. The molecule has 57 heavy (non-hydrogen) atoms. The van der Waals surface area contributed by atoms with E-state index in [2.05, 4.69) is 34.4 Å². The molecule has 2 aromatic rings. The van der Waals surface area contributed by atoms with Gasteiger partial charge in [0, 0.05) is 30.7 Å². The van der Waals surface area contributed by atoms with Crippen molar-refractivity contribution in [2.45, 2.75) is 63.9 Å². The summed E-state index contributed by atoms with van der Waals surface area (Å²) in [4.78, 5) is 98.1. The second-order valence-corrected chi connectivity index (χ2v) is 18.1. The van der Waals surface area contributed by atoms with E-state index in [0.29, 0.717) is 11.8 Å². The number of fused-ring (bicyclic) bond motifs is 1. The van der Waals surface area contributed by atoms with Crippen LogP contribution < -0.4 is 16.4 Å². The largest absolute Gasteiger partial charge is 0.481 e. The monoisotopic (exact) mass is 897 g/mol. The number of aliphatic hydroxyl groups is 3. The van der Waals surface area contributed by atoms with Gasteiger partial charge in [0.1, 0.15) is 42.4 Å². The predicted octanol–water partition coefficient (Wildman–Crippen LogP) is -2.25. The maximum atomic E-state index is 12.7. The molecule has 12 N–H and O–H groups in total. The normalized spacial score (nSPS) is 22.6. The van der Waals surface area contributed by atoms with Crippen LogP contribution in [0.5, 0.6) is 0 Å². The third-order valence-corrected chi connectivity index (χ3v) is 11.9. The van der Waals surface area contributed by atoms with Crippen molar-refractivity contribution in [1.29, 1.82) is 0 Å². The summed E-state index contributed by atoms with van der Waals surface area (Å²) in [5.74, 6) is -4.36. The average molecular weight is 898 g/mol. The maximum absolute atomic E-state index is 12.7. The van der Waals surface area contributed by atoms with E-state index in [9.17, 15) is 67.8 Å². The molecule has 9 atom stereocenters. The summed E-state index contributed by atoms with van der Waals surface area (Å²) in [6.07, 6.45) is -8.95. The molecule has 1 saturated heterocycles. The topological polar surface area (TPSA) is 421 Å². The molecule has 0 aromatic carbocycles. The van der Waals surface area contributed by atoms with Crippen LogP contribution in [0.2, 0.25) is 0 Å². The van der Waals surface area contributed by atoms with Crippen LogP contribution in [0, 0.1) is 11.3 Å². The Morgan fingerprint density at radius 1 is 1.04 bits per heavy atom. The van der Waals surface area contributed by atoms with Gasteiger partial charge in [0.2, 0.25) is 16.9 Å². The van der Waals surface area contributed by atoms with Crippen LogP contribution >= 0.6 is 35.2 Å². The van der Waals surface area contributed by atoms with Gasteiger partial charge in [-0.15, -0.1) is 0 Å². The number of hydrogen-bond acceptors (Lipinski definition) is 20. The Labute approximate surface area is 326 Å². The SMILES string of the molecule is CC(C(=O)O)C(O)C(=O)SCCNC(=O)CCNC(=O)[C@H](O)C(C)(C)COP(=O)(O)OP(=O)(O)OC[C@H]1O[C@@H](n2cnc3c(N)ncnc32)[C@H](O)[C@@H]1OP(=O)(O)O. The molecule has 2 aromatic heterocycles. The highest BCUT2D eigenvalue weighted by Crippen LogP contribution is 2.61. The fourth-order valence-electron chi connectivity index (χ4n) is 4.71. The van der Waals surface area contributed by atoms with Crippen molar-refractivity contribution >= 4 is 75.1 Å². The lowest BCUT2D eigenvalue weighted by Crippen LogP contribution is -2.46. The summed E-state index contributed by atoms with van der Waals surface area (Å²) >= 11 is 0.611. The van der Waals surface area contributed by atoms with E-state index in [4.69, 9.17) is 24.6 Å². The minimum atomic E-state index is -5.60. The second-order valence-electron chi connectivity index (χ2n) is 12.8. The van der Waals surface area contributed by atoms with Crippen molar-refractivity contribution in [2.24, 2.45) is 11.3 Å². The predicted molar refractivity (Wildman–Crippen MR) is 190 cm³/mol. The van der Waals surface area contributed by atoms with Crippen molar-refractivity contribution in [1.82, 2.24) is 30.2 Å². The molecule has 31 heteroatoms. The average Bonchev–Trinajstić information content (AvgIpc) is 3.67. The number of carbonyl (C=O) groups is 4. The molecule has 27 nitrogen and oxygen atoms in total. The minimum Gasteiger partial charge on any atom is -0.481 e. The third kappa shape index (κ3) is 14.1. The van der Waals surface area contributed by atoms with Gasteiger partial charge < -0.3 is 61.1 Å². The number of carboxylic acid groups (broad SMARTS) is 1. The number of phosphoric acid groups is 3. The minimum absolute atomic E-state index is 0.00957. The lowest BCUT2D eigenvalue weighted by atomic mass is 9.87. The van der Waals surface area contributed by atoms with Crippen molar-refractivity contribution in [3.63, 3.8) is 0 Å². The molecular weight excluding hydrogens is 855 g/mol. The zero-order valence-electron chi connectivity index (χ0n) is 30.0. The smallest absolute Gasteiger partial charge is 0.481 e. The highest BCUT2D eigenvalue weighted by molar-refractivity contribution is 8.13. The molecule has 0 bridgehead atoms. The van der Waals surface area contributed by atoms with Crippen LogP contribution in [-0.4, -0.2) is 145 Å². The lowest BCUT2D eigenvalue weighted by Gasteiger charge is -2.30. The molecule has 0 spiro atoms. The van der Waals surface area contributed by atoms with Crippen molar-refractivity contribution in [3.05, 3.63) is 12.7 Å². The van der Waals surface area contributed by atoms with Gasteiger partial charge >= 0.3 is 29.4 Å². The first-order valence-corrected chi connectivity index (χ1v) is 21.7. The van der Waals surface area contributed by atoms with Crippen LogP contribution in [0.15, 0.2) is 12.7 Å². The van der Waals surface area contributed by atoms with Gasteiger partial charge in [-0.1, -0.05) is 25.6 Å². The number of carbonyl (C=O) groups excluding carboxylic acids is 3. The van der Waals surface area contributed by atoms with Gasteiger partial charge in [-0.05, 0) is 6.92 Å². The van der Waals surface area contributed by atoms with E-state index in [-0.39, 0.29) is 42.2 Å². The summed E-state index contributed by atoms with van der Waals surface area (Å²) in [5, 5.41) is 43.8. The van der Waals surface area contributed by atoms with Crippen LogP contribution in [0.25, 0.3) is 11.2 Å². The lowest BCUT2D eigenvalue weighted by molar-refractivity contribution is -0.147. The number of amides is 2. The zero-order chi connectivity index (χ0) is 43.1. The number of carboxylic acids is 1. The van der Waals surface area contributed by atoms with Crippen LogP contribution in [0.4, 0.5) is 5.82 Å². The summed E-state index contributed by atoms with van der Waals surface area (Å²) in [6.45, 7) is 1.14. The molecule has 3 heterocycles. The number of thioether (sulfide) groups is 1. The van der Waals surface area contributed by atoms with Crippen molar-refractivity contribution < 1.29 is 95.5 Å². The van der Waals surface area contributed by atoms with Crippen LogP contribution in [0.3, 0.4) is 0 Å². The standard InChI is InChI=1S/C26H42N7O20P3S/c1-12(24(39)40)16(35)25(41)57-7-6-28-14(34)4-5-29-22(38)19(37)26(2,3)9-50-56(47,48)53-55(45,46)49-8-13-18(52-54(42,43)44)17(36)23(51-13)33-11-32-15-20(27)30-10-31-21(15)33/h10-13,16-19,23,35-37H,4-9H2,1-3H3,(H,28,34)(H,29,38)(H,39,40)(H,45,46)(H,47,48)(H2,27,30,31)(H2,42,43,44)/t12?,13-,16?,17-,18-,19+,23-/m1/s1. The second kappa shape index (κ2) is 19.8. The first-order chi connectivity index (χ1) is 26.2. The summed E-state index contributed by atoms with van der Waals surface area (Å²) in [5.41, 5.74) is 4.16.